The van der Waals surface area contributed by atoms with Gasteiger partial charge in [0.05, 0.1) is 11.6 Å². The zero-order valence-corrected chi connectivity index (χ0v) is 12.7. The molecule has 5 nitrogen and oxygen atoms in total. The van der Waals surface area contributed by atoms with Gasteiger partial charge in [-0.1, -0.05) is 31.4 Å². The van der Waals surface area contributed by atoms with Crippen LogP contribution >= 0.6 is 0 Å². The van der Waals surface area contributed by atoms with Crippen LogP contribution in [0.3, 0.4) is 0 Å². The van der Waals surface area contributed by atoms with Gasteiger partial charge in [0.15, 0.2) is 0 Å². The zero-order chi connectivity index (χ0) is 15.8. The highest BCUT2D eigenvalue weighted by molar-refractivity contribution is 5.74. The summed E-state index contributed by atoms with van der Waals surface area (Å²) in [6.45, 7) is 0.550. The molecule has 5 heteroatoms. The van der Waals surface area contributed by atoms with E-state index in [1.165, 1.54) is 6.42 Å². The third-order valence-corrected chi connectivity index (χ3v) is 4.25. The summed E-state index contributed by atoms with van der Waals surface area (Å²) >= 11 is 0. The lowest BCUT2D eigenvalue weighted by Crippen LogP contribution is -2.45. The van der Waals surface area contributed by atoms with Gasteiger partial charge in [-0.15, -0.1) is 0 Å². The number of urea groups is 1. The fraction of sp³-hybridized carbons (Fsp3) is 0.529. The summed E-state index contributed by atoms with van der Waals surface area (Å²) in [5, 5.41) is 24.0. The summed E-state index contributed by atoms with van der Waals surface area (Å²) < 4.78 is 0. The number of nitrogens with zero attached hydrogens (tertiary/aromatic N) is 1. The number of benzene rings is 1. The Hall–Kier alpha value is -2.06. The van der Waals surface area contributed by atoms with Crippen LogP contribution in [0.5, 0.6) is 0 Å². The van der Waals surface area contributed by atoms with Crippen molar-refractivity contribution < 1.29 is 9.90 Å². The molecule has 1 aliphatic rings. The molecule has 0 heterocycles. The van der Waals surface area contributed by atoms with E-state index in [0.717, 1.165) is 31.2 Å². The Kier molecular flexibility index (Phi) is 6.23. The van der Waals surface area contributed by atoms with Crippen LogP contribution in [-0.2, 0) is 6.54 Å². The third-order valence-electron chi connectivity index (χ3n) is 4.25. The third kappa shape index (κ3) is 4.74. The van der Waals surface area contributed by atoms with Crippen molar-refractivity contribution in [2.45, 2.75) is 44.7 Å². The standard InChI is InChI=1S/C17H23N3O2/c18-10-13-6-8-14(9-7-13)11-19-17(22)20-16-5-3-1-2-4-15(16)12-21/h6-9,15-16,21H,1-5,11-12H2,(H2,19,20,22). The highest BCUT2D eigenvalue weighted by Crippen LogP contribution is 2.23. The number of hydrogen-bond acceptors (Lipinski definition) is 3. The Morgan fingerprint density at radius 3 is 2.64 bits per heavy atom. The minimum atomic E-state index is -0.199. The summed E-state index contributed by atoms with van der Waals surface area (Å²) in [5.74, 6) is 0.156. The number of nitriles is 1. The van der Waals surface area contributed by atoms with Crippen molar-refractivity contribution >= 4 is 6.03 Å². The molecule has 2 unspecified atom stereocenters. The van der Waals surface area contributed by atoms with E-state index in [9.17, 15) is 9.90 Å². The molecule has 1 saturated carbocycles. The summed E-state index contributed by atoms with van der Waals surface area (Å²) in [7, 11) is 0. The van der Waals surface area contributed by atoms with E-state index in [2.05, 4.69) is 16.7 Å². The Labute approximate surface area is 131 Å². The van der Waals surface area contributed by atoms with Crippen molar-refractivity contribution in [2.24, 2.45) is 5.92 Å². The van der Waals surface area contributed by atoms with Crippen molar-refractivity contribution in [3.63, 3.8) is 0 Å². The maximum absolute atomic E-state index is 12.0. The van der Waals surface area contributed by atoms with E-state index in [0.29, 0.717) is 12.1 Å². The largest absolute Gasteiger partial charge is 0.396 e. The SMILES string of the molecule is N#Cc1ccc(CNC(=O)NC2CCCCCC2CO)cc1. The number of aliphatic hydroxyl groups excluding tert-OH is 1. The molecule has 2 amide bonds. The number of rotatable bonds is 4. The Morgan fingerprint density at radius 1 is 1.23 bits per heavy atom. The van der Waals surface area contributed by atoms with Crippen LogP contribution in [0.4, 0.5) is 4.79 Å². The molecule has 3 N–H and O–H groups in total. The molecule has 1 aromatic carbocycles. The first-order valence-corrected chi connectivity index (χ1v) is 7.87. The van der Waals surface area contributed by atoms with Gasteiger partial charge in [-0.3, -0.25) is 0 Å². The average molecular weight is 301 g/mol. The number of aliphatic hydroxyl groups is 1. The quantitative estimate of drug-likeness (QED) is 0.746. The van der Waals surface area contributed by atoms with Crippen molar-refractivity contribution in [3.8, 4) is 6.07 Å². The fourth-order valence-corrected chi connectivity index (χ4v) is 2.89. The van der Waals surface area contributed by atoms with Crippen LogP contribution in [0.1, 0.15) is 43.2 Å². The van der Waals surface area contributed by atoms with E-state index in [1.54, 1.807) is 12.1 Å². The first-order chi connectivity index (χ1) is 10.7. The van der Waals surface area contributed by atoms with Gasteiger partial charge < -0.3 is 15.7 Å². The number of hydrogen-bond donors (Lipinski definition) is 3. The summed E-state index contributed by atoms with van der Waals surface area (Å²) in [5.41, 5.74) is 1.56. The second-order valence-electron chi connectivity index (χ2n) is 5.82. The van der Waals surface area contributed by atoms with Gasteiger partial charge in [-0.25, -0.2) is 4.79 Å². The first-order valence-electron chi connectivity index (χ1n) is 7.87. The van der Waals surface area contributed by atoms with Gasteiger partial charge in [0, 0.05) is 25.1 Å². The van der Waals surface area contributed by atoms with E-state index in [4.69, 9.17) is 5.26 Å². The Balaban J connectivity index is 1.82. The van der Waals surface area contributed by atoms with Crippen molar-refractivity contribution in [1.29, 1.82) is 5.26 Å². The molecule has 22 heavy (non-hydrogen) atoms. The van der Waals surface area contributed by atoms with Crippen LogP contribution in [-0.4, -0.2) is 23.8 Å². The van der Waals surface area contributed by atoms with Gasteiger partial charge in [0.1, 0.15) is 0 Å². The molecular formula is C17H23N3O2. The van der Waals surface area contributed by atoms with E-state index < -0.39 is 0 Å². The highest BCUT2D eigenvalue weighted by Gasteiger charge is 2.24. The molecule has 1 aliphatic carbocycles. The molecule has 0 bridgehead atoms. The van der Waals surface area contributed by atoms with Crippen molar-refractivity contribution in [3.05, 3.63) is 35.4 Å². The maximum atomic E-state index is 12.0. The molecular weight excluding hydrogens is 278 g/mol. The van der Waals surface area contributed by atoms with Crippen LogP contribution < -0.4 is 10.6 Å². The van der Waals surface area contributed by atoms with Gasteiger partial charge in [0.2, 0.25) is 0 Å². The lowest BCUT2D eigenvalue weighted by atomic mass is 9.96. The molecule has 0 aliphatic heterocycles. The second kappa shape index (κ2) is 8.40. The smallest absolute Gasteiger partial charge is 0.315 e. The van der Waals surface area contributed by atoms with Gasteiger partial charge in [-0.05, 0) is 30.5 Å². The van der Waals surface area contributed by atoms with Crippen LogP contribution in [0.2, 0.25) is 0 Å². The number of carbonyl (C=O) groups is 1. The molecule has 0 saturated heterocycles. The van der Waals surface area contributed by atoms with Crippen LogP contribution in [0.15, 0.2) is 24.3 Å². The van der Waals surface area contributed by atoms with Crippen molar-refractivity contribution in [1.82, 2.24) is 10.6 Å². The lowest BCUT2D eigenvalue weighted by Gasteiger charge is -2.24. The maximum Gasteiger partial charge on any atom is 0.315 e. The summed E-state index contributed by atoms with van der Waals surface area (Å²) in [6, 6.07) is 9.06. The van der Waals surface area contributed by atoms with E-state index >= 15 is 0 Å². The van der Waals surface area contributed by atoms with Gasteiger partial charge in [0.25, 0.3) is 0 Å². The number of nitrogens with one attached hydrogen (secondary N) is 2. The Bertz CT molecular complexity index is 522. The highest BCUT2D eigenvalue weighted by atomic mass is 16.3. The predicted molar refractivity (Wildman–Crippen MR) is 84.0 cm³/mol. The van der Waals surface area contributed by atoms with Gasteiger partial charge in [-0.2, -0.15) is 5.26 Å². The normalized spacial score (nSPS) is 21.5. The lowest BCUT2D eigenvalue weighted by molar-refractivity contribution is 0.179. The van der Waals surface area contributed by atoms with Crippen LogP contribution in [0, 0.1) is 17.2 Å². The Morgan fingerprint density at radius 2 is 1.95 bits per heavy atom. The van der Waals surface area contributed by atoms with Crippen LogP contribution in [0.25, 0.3) is 0 Å². The summed E-state index contributed by atoms with van der Waals surface area (Å²) in [6.07, 6.45) is 5.28. The minimum absolute atomic E-state index is 0.0495. The fourth-order valence-electron chi connectivity index (χ4n) is 2.89. The molecule has 0 aromatic heterocycles. The minimum Gasteiger partial charge on any atom is -0.396 e. The topological polar surface area (TPSA) is 85.2 Å². The monoisotopic (exact) mass is 301 g/mol. The van der Waals surface area contributed by atoms with Gasteiger partial charge >= 0.3 is 6.03 Å². The molecule has 2 rings (SSSR count). The zero-order valence-electron chi connectivity index (χ0n) is 12.7. The first kappa shape index (κ1) is 16.3. The van der Waals surface area contributed by atoms with Crippen molar-refractivity contribution in [2.75, 3.05) is 6.61 Å². The van der Waals surface area contributed by atoms with E-state index in [-0.39, 0.29) is 24.6 Å². The molecule has 1 fully saturated rings. The molecule has 118 valence electrons. The average Bonchev–Trinajstić information content (AvgIpc) is 2.78. The number of amides is 2. The predicted octanol–water partition coefficient (Wildman–Crippen LogP) is 2.30. The number of carbonyl (C=O) groups excluding carboxylic acids is 1. The van der Waals surface area contributed by atoms with E-state index in [1.807, 2.05) is 12.1 Å². The molecule has 0 radical (unpaired) electrons. The summed E-state index contributed by atoms with van der Waals surface area (Å²) in [4.78, 5) is 12.0. The molecule has 1 aromatic rings. The molecule has 2 atom stereocenters. The second-order valence-corrected chi connectivity index (χ2v) is 5.82. The molecule has 0 spiro atoms.